The number of halogens is 2. The average molecular weight is 794 g/mol. The van der Waals surface area contributed by atoms with E-state index in [9.17, 15) is 24.0 Å². The number of ketones is 2. The first kappa shape index (κ1) is 40.8. The zero-order chi connectivity index (χ0) is 40.7. The molecule has 0 radical (unpaired) electrons. The Kier molecular flexibility index (Phi) is 13.0. The molecule has 0 aliphatic rings. The SMILES string of the molecule is CCn1nc(-c2ccccc2)c(C(C)=O)c(Nc2ccc(C(=O)O)cc2C)c1=O.CCn1nc(-c2ccccc2)c(C(C)=O)c(Nc2ccc(Cl)cc2Cl)c1=O. The van der Waals surface area contributed by atoms with Gasteiger partial charge >= 0.3 is 5.97 Å². The number of nitrogens with one attached hydrogen (secondary N) is 2. The van der Waals surface area contributed by atoms with Crippen molar-refractivity contribution in [3.8, 4) is 22.5 Å². The van der Waals surface area contributed by atoms with Crippen molar-refractivity contribution in [2.45, 2.75) is 47.7 Å². The number of anilines is 4. The number of hydrogen-bond acceptors (Lipinski definition) is 9. The molecule has 2 heterocycles. The molecule has 0 spiro atoms. The van der Waals surface area contributed by atoms with E-state index in [4.69, 9.17) is 28.3 Å². The molecule has 0 unspecified atom stereocenters. The highest BCUT2D eigenvalue weighted by Gasteiger charge is 2.24. The first-order valence-electron chi connectivity index (χ1n) is 17.5. The molecule has 0 atom stereocenters. The standard InChI is InChI=1S/C22H21N3O4.C20H17Cl2N3O2/c1-4-25-21(27)20(23-17-11-10-16(22(28)29)12-13(17)2)18(14(3)26)19(24-25)15-8-6-5-7-9-15;1-3-25-20(27)19(23-16-10-9-14(21)11-15(16)22)17(12(2)26)18(24-25)13-7-5-4-6-8-13/h5-12,23H,4H2,1-3H3,(H,28,29);4-11,23H,3H2,1-2H3. The highest BCUT2D eigenvalue weighted by atomic mass is 35.5. The molecule has 0 aliphatic carbocycles. The predicted octanol–water partition coefficient (Wildman–Crippen LogP) is 9.07. The summed E-state index contributed by atoms with van der Waals surface area (Å²) in [5.41, 5.74) is 4.01. The van der Waals surface area contributed by atoms with E-state index in [1.807, 2.05) is 67.6 Å². The number of Topliss-reactive ketones (excluding diaryl/α,β-unsaturated/α-hetero) is 2. The largest absolute Gasteiger partial charge is 0.478 e. The number of aryl methyl sites for hydroxylation is 3. The third-order valence-corrected chi connectivity index (χ3v) is 9.18. The molecular formula is C42H38Cl2N6O6. The van der Waals surface area contributed by atoms with Gasteiger partial charge in [-0.2, -0.15) is 10.2 Å². The molecule has 56 heavy (non-hydrogen) atoms. The predicted molar refractivity (Wildman–Crippen MR) is 220 cm³/mol. The van der Waals surface area contributed by atoms with Gasteiger partial charge in [0.2, 0.25) is 0 Å². The van der Waals surface area contributed by atoms with Gasteiger partial charge in [0.25, 0.3) is 11.1 Å². The van der Waals surface area contributed by atoms with Crippen molar-refractivity contribution in [2.75, 3.05) is 10.6 Å². The van der Waals surface area contributed by atoms with Crippen LogP contribution < -0.4 is 21.8 Å². The molecule has 0 bridgehead atoms. The second-order valence-corrected chi connectivity index (χ2v) is 13.3. The number of hydrogen-bond donors (Lipinski definition) is 3. The van der Waals surface area contributed by atoms with E-state index in [1.54, 1.807) is 38.1 Å². The summed E-state index contributed by atoms with van der Waals surface area (Å²) in [5, 5.41) is 24.9. The quantitative estimate of drug-likeness (QED) is 0.108. The van der Waals surface area contributed by atoms with Crippen LogP contribution >= 0.6 is 23.2 Å². The molecule has 0 fully saturated rings. The smallest absolute Gasteiger partial charge is 0.335 e. The van der Waals surface area contributed by atoms with Crippen LogP contribution in [-0.2, 0) is 13.1 Å². The van der Waals surface area contributed by atoms with Crippen molar-refractivity contribution < 1.29 is 19.5 Å². The van der Waals surface area contributed by atoms with E-state index >= 15 is 0 Å². The molecular weight excluding hydrogens is 755 g/mol. The normalized spacial score (nSPS) is 10.6. The second kappa shape index (κ2) is 17.8. The summed E-state index contributed by atoms with van der Waals surface area (Å²) < 4.78 is 2.62. The Balaban J connectivity index is 0.000000215. The van der Waals surface area contributed by atoms with Gasteiger partial charge in [0.1, 0.15) is 22.8 Å². The van der Waals surface area contributed by atoms with Crippen LogP contribution in [0.3, 0.4) is 0 Å². The Hall–Kier alpha value is -6.37. The number of carboxylic acid groups (broad SMARTS) is 1. The van der Waals surface area contributed by atoms with E-state index in [2.05, 4.69) is 20.8 Å². The fraction of sp³-hybridized carbons (Fsp3) is 0.167. The van der Waals surface area contributed by atoms with Gasteiger partial charge in [0.05, 0.1) is 27.4 Å². The van der Waals surface area contributed by atoms with E-state index in [-0.39, 0.29) is 39.6 Å². The van der Waals surface area contributed by atoms with Gasteiger partial charge in [-0.05, 0) is 76.6 Å². The average Bonchev–Trinajstić information content (AvgIpc) is 3.18. The molecule has 0 saturated heterocycles. The third kappa shape index (κ3) is 8.94. The second-order valence-electron chi connectivity index (χ2n) is 12.5. The van der Waals surface area contributed by atoms with Gasteiger partial charge in [0, 0.05) is 34.9 Å². The van der Waals surface area contributed by atoms with E-state index in [1.165, 1.54) is 35.3 Å². The number of rotatable bonds is 11. The van der Waals surface area contributed by atoms with Crippen LogP contribution in [0.5, 0.6) is 0 Å². The van der Waals surface area contributed by atoms with Gasteiger partial charge in [-0.1, -0.05) is 83.9 Å². The number of nitrogens with zero attached hydrogens (tertiary/aromatic N) is 4. The molecule has 0 aliphatic heterocycles. The van der Waals surface area contributed by atoms with E-state index < -0.39 is 17.1 Å². The molecule has 6 aromatic rings. The summed E-state index contributed by atoms with van der Waals surface area (Å²) >= 11 is 12.2. The number of aromatic nitrogens is 4. The Morgan fingerprint density at radius 2 is 1.11 bits per heavy atom. The lowest BCUT2D eigenvalue weighted by Crippen LogP contribution is -2.28. The molecule has 12 nitrogen and oxygen atoms in total. The van der Waals surface area contributed by atoms with Crippen molar-refractivity contribution >= 4 is 63.5 Å². The first-order chi connectivity index (χ1) is 26.7. The maximum absolute atomic E-state index is 13.0. The van der Waals surface area contributed by atoms with Crippen LogP contribution in [0.4, 0.5) is 22.7 Å². The number of carboxylic acids is 1. The number of benzene rings is 4. The number of carbonyl (C=O) groups excluding carboxylic acids is 2. The zero-order valence-electron chi connectivity index (χ0n) is 31.2. The molecule has 2 aromatic heterocycles. The Morgan fingerprint density at radius 1 is 0.661 bits per heavy atom. The van der Waals surface area contributed by atoms with Crippen molar-refractivity contribution in [2.24, 2.45) is 0 Å². The molecule has 14 heteroatoms. The molecule has 4 aromatic carbocycles. The molecule has 6 rings (SSSR count). The van der Waals surface area contributed by atoms with Gasteiger partial charge in [-0.25, -0.2) is 14.2 Å². The van der Waals surface area contributed by atoms with Crippen molar-refractivity contribution in [3.63, 3.8) is 0 Å². The minimum atomic E-state index is -1.03. The maximum atomic E-state index is 13.0. The molecule has 286 valence electrons. The highest BCUT2D eigenvalue weighted by Crippen LogP contribution is 2.32. The lowest BCUT2D eigenvalue weighted by molar-refractivity contribution is 0.0696. The number of aromatic carboxylic acids is 1. The lowest BCUT2D eigenvalue weighted by Gasteiger charge is -2.17. The topological polar surface area (TPSA) is 165 Å². The summed E-state index contributed by atoms with van der Waals surface area (Å²) in [6.45, 7) is 8.85. The van der Waals surface area contributed by atoms with E-state index in [0.29, 0.717) is 51.5 Å². The summed E-state index contributed by atoms with van der Waals surface area (Å²) in [6.07, 6.45) is 0. The fourth-order valence-corrected chi connectivity index (χ4v) is 6.34. The lowest BCUT2D eigenvalue weighted by atomic mass is 10.0. The molecule has 0 amide bonds. The number of carbonyl (C=O) groups is 3. The van der Waals surface area contributed by atoms with Crippen LogP contribution in [-0.4, -0.2) is 42.2 Å². The molecule has 0 saturated carbocycles. The van der Waals surface area contributed by atoms with Crippen LogP contribution in [0.1, 0.15) is 64.3 Å². The Bertz CT molecular complexity index is 2570. The minimum Gasteiger partial charge on any atom is -0.478 e. The van der Waals surface area contributed by atoms with Crippen molar-refractivity contribution in [1.82, 2.24) is 19.6 Å². The Labute approximate surface area is 332 Å². The van der Waals surface area contributed by atoms with Crippen LogP contribution in [0.25, 0.3) is 22.5 Å². The summed E-state index contributed by atoms with van der Waals surface area (Å²) in [7, 11) is 0. The summed E-state index contributed by atoms with van der Waals surface area (Å²) in [4.78, 5) is 62.1. The van der Waals surface area contributed by atoms with Gasteiger partial charge in [-0.3, -0.25) is 19.2 Å². The third-order valence-electron chi connectivity index (χ3n) is 8.63. The fourth-order valence-electron chi connectivity index (χ4n) is 5.88. The van der Waals surface area contributed by atoms with Gasteiger partial charge < -0.3 is 15.7 Å². The summed E-state index contributed by atoms with van der Waals surface area (Å²) in [6, 6.07) is 27.9. The maximum Gasteiger partial charge on any atom is 0.335 e. The minimum absolute atomic E-state index is 0.124. The molecule has 3 N–H and O–H groups in total. The van der Waals surface area contributed by atoms with Crippen molar-refractivity contribution in [3.05, 3.63) is 150 Å². The van der Waals surface area contributed by atoms with Crippen LogP contribution in [0.15, 0.2) is 107 Å². The monoisotopic (exact) mass is 792 g/mol. The van der Waals surface area contributed by atoms with Crippen LogP contribution in [0, 0.1) is 6.92 Å². The van der Waals surface area contributed by atoms with Gasteiger partial charge in [-0.15, -0.1) is 0 Å². The highest BCUT2D eigenvalue weighted by molar-refractivity contribution is 6.36. The Morgan fingerprint density at radius 3 is 1.50 bits per heavy atom. The van der Waals surface area contributed by atoms with E-state index in [0.717, 1.165) is 11.1 Å². The van der Waals surface area contributed by atoms with Crippen molar-refractivity contribution in [1.29, 1.82) is 0 Å². The van der Waals surface area contributed by atoms with Crippen LogP contribution in [0.2, 0.25) is 10.0 Å². The summed E-state index contributed by atoms with van der Waals surface area (Å²) in [5.74, 6) is -1.60. The van der Waals surface area contributed by atoms with Gasteiger partial charge in [0.15, 0.2) is 11.6 Å². The zero-order valence-corrected chi connectivity index (χ0v) is 32.7. The first-order valence-corrected chi connectivity index (χ1v) is 18.3.